The molecule has 3 nitrogen and oxygen atoms in total. The lowest BCUT2D eigenvalue weighted by Crippen LogP contribution is -2.10. The molecule has 0 unspecified atom stereocenters. The largest absolute Gasteiger partial charge is 0.301 e. The SMILES string of the molecule is O=c1cc(Cc2ccccc2)nc(SCc2ccccc2)[nH]1. The van der Waals surface area contributed by atoms with Crippen molar-refractivity contribution in [2.24, 2.45) is 0 Å². The predicted molar refractivity (Wildman–Crippen MR) is 90.1 cm³/mol. The fraction of sp³-hybridized carbons (Fsp3) is 0.111. The number of rotatable bonds is 5. The first-order valence-corrected chi connectivity index (χ1v) is 8.09. The van der Waals surface area contributed by atoms with Crippen molar-refractivity contribution in [3.05, 3.63) is 93.9 Å². The van der Waals surface area contributed by atoms with Gasteiger partial charge >= 0.3 is 0 Å². The van der Waals surface area contributed by atoms with Crippen LogP contribution in [0.4, 0.5) is 0 Å². The number of thioether (sulfide) groups is 1. The van der Waals surface area contributed by atoms with Crippen LogP contribution in [0, 0.1) is 0 Å². The van der Waals surface area contributed by atoms with Crippen LogP contribution in [-0.4, -0.2) is 9.97 Å². The average molecular weight is 308 g/mol. The van der Waals surface area contributed by atoms with E-state index in [4.69, 9.17) is 0 Å². The van der Waals surface area contributed by atoms with E-state index >= 15 is 0 Å². The van der Waals surface area contributed by atoms with Crippen molar-refractivity contribution >= 4 is 11.8 Å². The Hall–Kier alpha value is -2.33. The molecule has 1 aromatic heterocycles. The fourth-order valence-corrected chi connectivity index (χ4v) is 3.02. The minimum absolute atomic E-state index is 0.100. The van der Waals surface area contributed by atoms with Crippen molar-refractivity contribution in [3.63, 3.8) is 0 Å². The van der Waals surface area contributed by atoms with E-state index in [1.165, 1.54) is 5.56 Å². The third kappa shape index (κ3) is 4.09. The van der Waals surface area contributed by atoms with Crippen LogP contribution in [0.1, 0.15) is 16.8 Å². The maximum atomic E-state index is 11.8. The molecule has 3 aromatic rings. The molecular formula is C18H16N2OS. The average Bonchev–Trinajstić information content (AvgIpc) is 2.54. The summed E-state index contributed by atoms with van der Waals surface area (Å²) < 4.78 is 0. The second-order valence-electron chi connectivity index (χ2n) is 4.98. The molecule has 4 heteroatoms. The van der Waals surface area contributed by atoms with Crippen LogP contribution < -0.4 is 5.56 Å². The Morgan fingerprint density at radius 3 is 2.23 bits per heavy atom. The van der Waals surface area contributed by atoms with Crippen LogP contribution in [0.15, 0.2) is 76.7 Å². The van der Waals surface area contributed by atoms with Crippen LogP contribution in [0.3, 0.4) is 0 Å². The Kier molecular flexibility index (Phi) is 4.71. The van der Waals surface area contributed by atoms with Gasteiger partial charge in [-0.15, -0.1) is 0 Å². The molecule has 0 aliphatic heterocycles. The Labute approximate surface area is 133 Å². The lowest BCUT2D eigenvalue weighted by Gasteiger charge is -2.05. The Morgan fingerprint density at radius 1 is 0.909 bits per heavy atom. The standard InChI is InChI=1S/C18H16N2OS/c21-17-12-16(11-14-7-3-1-4-8-14)19-18(20-17)22-13-15-9-5-2-6-10-15/h1-10,12H,11,13H2,(H,19,20,21). The van der Waals surface area contributed by atoms with E-state index in [9.17, 15) is 4.79 Å². The first-order chi connectivity index (χ1) is 10.8. The van der Waals surface area contributed by atoms with E-state index in [-0.39, 0.29) is 5.56 Å². The van der Waals surface area contributed by atoms with E-state index in [1.807, 2.05) is 48.5 Å². The number of aromatic amines is 1. The van der Waals surface area contributed by atoms with Gasteiger partial charge in [-0.2, -0.15) is 0 Å². The van der Waals surface area contributed by atoms with Crippen molar-refractivity contribution < 1.29 is 0 Å². The van der Waals surface area contributed by atoms with Crippen LogP contribution >= 0.6 is 11.8 Å². The first-order valence-electron chi connectivity index (χ1n) is 7.10. The smallest absolute Gasteiger partial charge is 0.251 e. The van der Waals surface area contributed by atoms with E-state index < -0.39 is 0 Å². The van der Waals surface area contributed by atoms with Gasteiger partial charge in [-0.3, -0.25) is 4.79 Å². The van der Waals surface area contributed by atoms with E-state index in [1.54, 1.807) is 17.8 Å². The van der Waals surface area contributed by atoms with Crippen molar-refractivity contribution in [1.29, 1.82) is 0 Å². The summed E-state index contributed by atoms with van der Waals surface area (Å²) in [7, 11) is 0. The van der Waals surface area contributed by atoms with E-state index in [2.05, 4.69) is 22.1 Å². The molecule has 3 rings (SSSR count). The van der Waals surface area contributed by atoms with Gasteiger partial charge in [-0.05, 0) is 11.1 Å². The molecule has 1 heterocycles. The molecule has 0 amide bonds. The van der Waals surface area contributed by atoms with Gasteiger partial charge in [0.2, 0.25) is 0 Å². The summed E-state index contributed by atoms with van der Waals surface area (Å²) >= 11 is 1.55. The number of nitrogens with zero attached hydrogens (tertiary/aromatic N) is 1. The second-order valence-corrected chi connectivity index (χ2v) is 5.94. The predicted octanol–water partition coefficient (Wildman–Crippen LogP) is 3.65. The van der Waals surface area contributed by atoms with Crippen LogP contribution in [0.2, 0.25) is 0 Å². The number of benzene rings is 2. The molecule has 0 atom stereocenters. The van der Waals surface area contributed by atoms with Gasteiger partial charge < -0.3 is 4.98 Å². The molecule has 2 aromatic carbocycles. The van der Waals surface area contributed by atoms with E-state index in [0.717, 1.165) is 17.0 Å². The van der Waals surface area contributed by atoms with Gasteiger partial charge in [0.25, 0.3) is 5.56 Å². The zero-order valence-electron chi connectivity index (χ0n) is 12.0. The molecule has 0 bridgehead atoms. The van der Waals surface area contributed by atoms with Gasteiger partial charge in [-0.25, -0.2) is 4.98 Å². The van der Waals surface area contributed by atoms with Crippen molar-refractivity contribution in [2.75, 3.05) is 0 Å². The van der Waals surface area contributed by atoms with Gasteiger partial charge in [0.1, 0.15) is 0 Å². The summed E-state index contributed by atoms with van der Waals surface area (Å²) in [4.78, 5) is 19.2. The minimum atomic E-state index is -0.100. The maximum Gasteiger partial charge on any atom is 0.251 e. The summed E-state index contributed by atoms with van der Waals surface area (Å²) in [6.45, 7) is 0. The highest BCUT2D eigenvalue weighted by atomic mass is 32.2. The van der Waals surface area contributed by atoms with Crippen LogP contribution in [0.25, 0.3) is 0 Å². The number of H-pyrrole nitrogens is 1. The molecule has 0 spiro atoms. The molecule has 0 saturated heterocycles. The highest BCUT2D eigenvalue weighted by molar-refractivity contribution is 7.98. The third-order valence-electron chi connectivity index (χ3n) is 3.22. The maximum absolute atomic E-state index is 11.8. The Morgan fingerprint density at radius 2 is 1.55 bits per heavy atom. The van der Waals surface area contributed by atoms with Gasteiger partial charge in [-0.1, -0.05) is 72.4 Å². The molecule has 0 aliphatic carbocycles. The van der Waals surface area contributed by atoms with Gasteiger partial charge in [0, 0.05) is 18.2 Å². The highest BCUT2D eigenvalue weighted by Crippen LogP contribution is 2.18. The zero-order valence-corrected chi connectivity index (χ0v) is 12.8. The summed E-state index contributed by atoms with van der Waals surface area (Å²) in [5, 5.41) is 0.669. The highest BCUT2D eigenvalue weighted by Gasteiger charge is 2.04. The Balaban J connectivity index is 1.74. The fourth-order valence-electron chi connectivity index (χ4n) is 2.17. The number of hydrogen-bond acceptors (Lipinski definition) is 3. The summed E-state index contributed by atoms with van der Waals surface area (Å²) in [5.41, 5.74) is 3.06. The minimum Gasteiger partial charge on any atom is -0.301 e. The lowest BCUT2D eigenvalue weighted by molar-refractivity contribution is 0.879. The summed E-state index contributed by atoms with van der Waals surface area (Å²) in [6, 6.07) is 21.8. The second kappa shape index (κ2) is 7.09. The summed E-state index contributed by atoms with van der Waals surface area (Å²) in [6.07, 6.45) is 0.670. The van der Waals surface area contributed by atoms with Crippen molar-refractivity contribution in [1.82, 2.24) is 9.97 Å². The van der Waals surface area contributed by atoms with Crippen LogP contribution in [0.5, 0.6) is 0 Å². The molecule has 0 radical (unpaired) electrons. The molecule has 0 fully saturated rings. The number of nitrogens with one attached hydrogen (secondary N) is 1. The van der Waals surface area contributed by atoms with Crippen LogP contribution in [-0.2, 0) is 12.2 Å². The molecule has 0 aliphatic rings. The molecule has 1 N–H and O–H groups in total. The quantitative estimate of drug-likeness (QED) is 0.578. The van der Waals surface area contributed by atoms with Gasteiger partial charge in [0.15, 0.2) is 5.16 Å². The first kappa shape index (κ1) is 14.6. The zero-order chi connectivity index (χ0) is 15.2. The molecule has 22 heavy (non-hydrogen) atoms. The van der Waals surface area contributed by atoms with Crippen molar-refractivity contribution in [3.8, 4) is 0 Å². The van der Waals surface area contributed by atoms with Crippen molar-refractivity contribution in [2.45, 2.75) is 17.3 Å². The molecule has 110 valence electrons. The number of hydrogen-bond donors (Lipinski definition) is 1. The third-order valence-corrected chi connectivity index (χ3v) is 4.16. The topological polar surface area (TPSA) is 45.8 Å². The summed E-state index contributed by atoms with van der Waals surface area (Å²) in [5.74, 6) is 0.790. The number of aromatic nitrogens is 2. The molecule has 0 saturated carbocycles. The molecular weight excluding hydrogens is 292 g/mol. The van der Waals surface area contributed by atoms with E-state index in [0.29, 0.717) is 11.6 Å². The van der Waals surface area contributed by atoms with Gasteiger partial charge in [0.05, 0.1) is 5.69 Å². The monoisotopic (exact) mass is 308 g/mol. The lowest BCUT2D eigenvalue weighted by atomic mass is 10.1. The Bertz CT molecular complexity index is 785. The normalized spacial score (nSPS) is 10.5.